The predicted octanol–water partition coefficient (Wildman–Crippen LogP) is 2.53. The van der Waals surface area contributed by atoms with E-state index in [4.69, 9.17) is 14.2 Å². The molecule has 0 bridgehead atoms. The van der Waals surface area contributed by atoms with Crippen LogP contribution in [-0.2, 0) is 6.42 Å². The van der Waals surface area contributed by atoms with E-state index in [0.29, 0.717) is 36.0 Å². The Kier molecular flexibility index (Phi) is 5.50. The number of thiophene rings is 1. The lowest BCUT2D eigenvalue weighted by Gasteiger charge is -2.35. The van der Waals surface area contributed by atoms with Crippen molar-refractivity contribution in [1.82, 2.24) is 9.80 Å². The van der Waals surface area contributed by atoms with Crippen molar-refractivity contribution in [2.24, 2.45) is 0 Å². The Bertz CT molecular complexity index is 768. The third kappa shape index (κ3) is 4.04. The number of nitrogens with zero attached hydrogens (tertiary/aromatic N) is 2. The van der Waals surface area contributed by atoms with Gasteiger partial charge in [-0.05, 0) is 30.0 Å². The van der Waals surface area contributed by atoms with Gasteiger partial charge < -0.3 is 19.1 Å². The molecule has 0 radical (unpaired) electrons. The number of ether oxygens (including phenoxy) is 3. The van der Waals surface area contributed by atoms with E-state index in [2.05, 4.69) is 22.4 Å². The molecule has 1 saturated heterocycles. The first-order valence-electron chi connectivity index (χ1n) is 9.26. The molecule has 7 heteroatoms. The molecule has 1 aromatic heterocycles. The third-order valence-electron chi connectivity index (χ3n) is 4.99. The molecule has 2 aromatic rings. The van der Waals surface area contributed by atoms with E-state index in [0.717, 1.165) is 39.1 Å². The fourth-order valence-corrected chi connectivity index (χ4v) is 4.18. The van der Waals surface area contributed by atoms with Crippen LogP contribution >= 0.6 is 11.3 Å². The number of hydrogen-bond donors (Lipinski definition) is 0. The van der Waals surface area contributed by atoms with Gasteiger partial charge in [0.25, 0.3) is 5.91 Å². The summed E-state index contributed by atoms with van der Waals surface area (Å²) in [7, 11) is 1.58. The molecule has 1 amide bonds. The fourth-order valence-electron chi connectivity index (χ4n) is 3.48. The number of methoxy groups -OCH3 is 1. The summed E-state index contributed by atoms with van der Waals surface area (Å²) < 4.78 is 16.7. The minimum Gasteiger partial charge on any atom is -0.493 e. The quantitative estimate of drug-likeness (QED) is 0.788. The molecule has 0 unspecified atom stereocenters. The summed E-state index contributed by atoms with van der Waals surface area (Å²) in [6, 6.07) is 7.79. The normalized spacial score (nSPS) is 17.0. The van der Waals surface area contributed by atoms with Crippen LogP contribution in [0.3, 0.4) is 0 Å². The minimum absolute atomic E-state index is 0.0168. The highest BCUT2D eigenvalue weighted by Crippen LogP contribution is 2.40. The Labute approximate surface area is 163 Å². The standard InChI is InChI=1S/C20H24N2O4S/c1-24-17-13-15(14-18-19(17)26-11-10-25-18)20(23)22-8-6-21(7-9-22)5-4-16-3-2-12-27-16/h2-3,12-14H,4-11H2,1H3. The second-order valence-corrected chi connectivity index (χ2v) is 7.70. The van der Waals surface area contributed by atoms with Gasteiger partial charge in [-0.25, -0.2) is 0 Å². The van der Waals surface area contributed by atoms with Gasteiger partial charge in [0.1, 0.15) is 13.2 Å². The van der Waals surface area contributed by atoms with Crippen LogP contribution < -0.4 is 14.2 Å². The average molecular weight is 388 g/mol. The summed E-state index contributed by atoms with van der Waals surface area (Å²) in [5.74, 6) is 1.73. The molecule has 6 nitrogen and oxygen atoms in total. The molecule has 1 aromatic carbocycles. The van der Waals surface area contributed by atoms with Crippen molar-refractivity contribution in [3.8, 4) is 17.2 Å². The van der Waals surface area contributed by atoms with Crippen LogP contribution in [0.15, 0.2) is 29.6 Å². The Morgan fingerprint density at radius 1 is 1.19 bits per heavy atom. The topological polar surface area (TPSA) is 51.2 Å². The summed E-state index contributed by atoms with van der Waals surface area (Å²) in [6.07, 6.45) is 1.07. The first-order valence-corrected chi connectivity index (χ1v) is 10.1. The van der Waals surface area contributed by atoms with Gasteiger partial charge in [-0.15, -0.1) is 11.3 Å². The number of fused-ring (bicyclic) bond motifs is 1. The first-order chi connectivity index (χ1) is 13.2. The number of carbonyl (C=O) groups excluding carboxylic acids is 1. The van der Waals surface area contributed by atoms with Crippen LogP contribution in [0.5, 0.6) is 17.2 Å². The van der Waals surface area contributed by atoms with E-state index in [-0.39, 0.29) is 5.91 Å². The minimum atomic E-state index is 0.0168. The van der Waals surface area contributed by atoms with Gasteiger partial charge in [-0.3, -0.25) is 9.69 Å². The summed E-state index contributed by atoms with van der Waals surface area (Å²) in [5.41, 5.74) is 0.586. The van der Waals surface area contributed by atoms with Gasteiger partial charge in [0, 0.05) is 43.2 Å². The number of rotatable bonds is 5. The van der Waals surface area contributed by atoms with Crippen molar-refractivity contribution in [2.45, 2.75) is 6.42 Å². The lowest BCUT2D eigenvalue weighted by atomic mass is 10.1. The maximum atomic E-state index is 13.0. The zero-order chi connectivity index (χ0) is 18.6. The third-order valence-corrected chi connectivity index (χ3v) is 5.93. The van der Waals surface area contributed by atoms with E-state index < -0.39 is 0 Å². The van der Waals surface area contributed by atoms with Gasteiger partial charge in [-0.1, -0.05) is 6.07 Å². The maximum absolute atomic E-state index is 13.0. The summed E-state index contributed by atoms with van der Waals surface area (Å²) in [4.78, 5) is 18.7. The van der Waals surface area contributed by atoms with Crippen LogP contribution in [0, 0.1) is 0 Å². The van der Waals surface area contributed by atoms with Crippen LogP contribution in [0.4, 0.5) is 0 Å². The molecule has 0 atom stereocenters. The number of piperazine rings is 1. The number of hydrogen-bond acceptors (Lipinski definition) is 6. The van der Waals surface area contributed by atoms with Crippen LogP contribution in [0.25, 0.3) is 0 Å². The molecule has 0 saturated carbocycles. The zero-order valence-electron chi connectivity index (χ0n) is 15.5. The second-order valence-electron chi connectivity index (χ2n) is 6.67. The van der Waals surface area contributed by atoms with Crippen molar-refractivity contribution in [3.05, 3.63) is 40.1 Å². The van der Waals surface area contributed by atoms with Crippen molar-refractivity contribution in [2.75, 3.05) is 53.0 Å². The van der Waals surface area contributed by atoms with Gasteiger partial charge in [0.2, 0.25) is 5.75 Å². The molecule has 1 fully saturated rings. The lowest BCUT2D eigenvalue weighted by Crippen LogP contribution is -2.49. The van der Waals surface area contributed by atoms with Crippen LogP contribution in [0.1, 0.15) is 15.2 Å². The van der Waals surface area contributed by atoms with Gasteiger partial charge in [0.15, 0.2) is 11.5 Å². The lowest BCUT2D eigenvalue weighted by molar-refractivity contribution is 0.0637. The van der Waals surface area contributed by atoms with Gasteiger partial charge in [0.05, 0.1) is 7.11 Å². The molecule has 4 rings (SSSR count). The Balaban J connectivity index is 1.38. The predicted molar refractivity (Wildman–Crippen MR) is 104 cm³/mol. The average Bonchev–Trinajstić information content (AvgIpc) is 3.25. The molecule has 27 heavy (non-hydrogen) atoms. The fraction of sp³-hybridized carbons (Fsp3) is 0.450. The number of carbonyl (C=O) groups is 1. The first kappa shape index (κ1) is 18.1. The van der Waals surface area contributed by atoms with Crippen LogP contribution in [0.2, 0.25) is 0 Å². The SMILES string of the molecule is COc1cc(C(=O)N2CCN(CCc3cccs3)CC2)cc2c1OCCO2. The highest BCUT2D eigenvalue weighted by atomic mass is 32.1. The molecule has 0 aliphatic carbocycles. The van der Waals surface area contributed by atoms with Gasteiger partial charge in [-0.2, -0.15) is 0 Å². The molecule has 3 heterocycles. The zero-order valence-corrected chi connectivity index (χ0v) is 16.3. The molecule has 2 aliphatic rings. The van der Waals surface area contributed by atoms with Crippen molar-refractivity contribution in [1.29, 1.82) is 0 Å². The van der Waals surface area contributed by atoms with Crippen molar-refractivity contribution < 1.29 is 19.0 Å². The maximum Gasteiger partial charge on any atom is 0.254 e. The van der Waals surface area contributed by atoms with E-state index in [1.807, 2.05) is 4.90 Å². The molecule has 2 aliphatic heterocycles. The highest BCUT2D eigenvalue weighted by molar-refractivity contribution is 7.09. The van der Waals surface area contributed by atoms with E-state index >= 15 is 0 Å². The second kappa shape index (κ2) is 8.19. The smallest absolute Gasteiger partial charge is 0.254 e. The summed E-state index contributed by atoms with van der Waals surface area (Å²) >= 11 is 1.80. The summed E-state index contributed by atoms with van der Waals surface area (Å²) in [6.45, 7) is 5.29. The van der Waals surface area contributed by atoms with Gasteiger partial charge >= 0.3 is 0 Å². The molecule has 0 N–H and O–H groups in total. The highest BCUT2D eigenvalue weighted by Gasteiger charge is 2.26. The molecule has 144 valence electrons. The molecule has 0 spiro atoms. The number of benzene rings is 1. The molecular formula is C20H24N2O4S. The van der Waals surface area contributed by atoms with Crippen molar-refractivity contribution in [3.63, 3.8) is 0 Å². The number of amides is 1. The Morgan fingerprint density at radius 2 is 2.00 bits per heavy atom. The molecular weight excluding hydrogens is 364 g/mol. The van der Waals surface area contributed by atoms with Crippen LogP contribution in [-0.4, -0.2) is 68.8 Å². The summed E-state index contributed by atoms with van der Waals surface area (Å²) in [5, 5.41) is 2.12. The Morgan fingerprint density at radius 3 is 2.74 bits per heavy atom. The van der Waals surface area contributed by atoms with Crippen molar-refractivity contribution >= 4 is 17.2 Å². The van der Waals surface area contributed by atoms with E-state index in [9.17, 15) is 4.79 Å². The monoisotopic (exact) mass is 388 g/mol. The van der Waals surface area contributed by atoms with E-state index in [1.165, 1.54) is 4.88 Å². The van der Waals surface area contributed by atoms with E-state index in [1.54, 1.807) is 30.6 Å². The largest absolute Gasteiger partial charge is 0.493 e. The Hall–Kier alpha value is -2.25.